The zero-order valence-corrected chi connectivity index (χ0v) is 43.2. The number of carbonyl (C=O) groups is 4. The van der Waals surface area contributed by atoms with Gasteiger partial charge in [0.1, 0.15) is 0 Å². The number of aromatic nitrogens is 4. The van der Waals surface area contributed by atoms with Crippen LogP contribution in [0.15, 0.2) is 121 Å². The highest BCUT2D eigenvalue weighted by atomic mass is 16.2. The quantitative estimate of drug-likeness (QED) is 0.0723. The maximum absolute atomic E-state index is 14.4. The number of rotatable bonds is 0. The van der Waals surface area contributed by atoms with E-state index in [1.165, 1.54) is 0 Å². The van der Waals surface area contributed by atoms with Gasteiger partial charge in [-0.05, 0) is 72.8 Å². The standard InChI is InChI=1S/C62H60N12O4/c75-55-25-29-63-31-35-74-36-32-64-30-26-56(76)70-44-14-6-2-10-40(44)60-48-18-17-47(65-48)59(39-9-1-5-13-43(39)69-55)49-19-21-51(66-49)61-41-11-3-7-15-45(41)71-57(77)27-33-73(37-38-74)34-28-58(78)72-46-16-8-4-12-42(46)62(52-22-20-50(60)67-52)54-24-23-53(61)68-54/h1-24,63-65,68H,25-38H2,(H,69,75)(H,70,76)(H,71,77)(H,72,78). The van der Waals surface area contributed by atoms with Gasteiger partial charge in [-0.3, -0.25) is 24.1 Å². The van der Waals surface area contributed by atoms with Crippen molar-refractivity contribution in [3.05, 3.63) is 144 Å². The number of nitrogens with zero attached hydrogens (tertiary/aromatic N) is 4. The molecule has 4 aromatic carbocycles. The van der Waals surface area contributed by atoms with Crippen LogP contribution in [0.5, 0.6) is 0 Å². The molecule has 0 unspecified atom stereocenters. The fraction of sp³-hybridized carbons (Fsp3) is 0.226. The fourth-order valence-electron chi connectivity index (χ4n) is 11.0. The molecule has 78 heavy (non-hydrogen) atoms. The van der Waals surface area contributed by atoms with E-state index in [9.17, 15) is 19.2 Å². The monoisotopic (exact) mass is 1040 g/mol. The van der Waals surface area contributed by atoms with Gasteiger partial charge in [0.05, 0.1) is 22.8 Å². The molecule has 16 heteroatoms. The van der Waals surface area contributed by atoms with Crippen molar-refractivity contribution in [2.24, 2.45) is 0 Å². The van der Waals surface area contributed by atoms with Gasteiger partial charge in [-0.25, -0.2) is 9.97 Å². The third kappa shape index (κ3) is 10.7. The first kappa shape index (κ1) is 50.0. The zero-order valence-electron chi connectivity index (χ0n) is 43.2. The highest BCUT2D eigenvalue weighted by Crippen LogP contribution is 2.43. The van der Waals surface area contributed by atoms with Crippen LogP contribution in [0.1, 0.15) is 48.5 Å². The van der Waals surface area contributed by atoms with Crippen molar-refractivity contribution in [3.63, 3.8) is 0 Å². The number of benzene rings is 4. The number of hydrogen-bond donors (Lipinski definition) is 8. The molecule has 3 aromatic heterocycles. The minimum atomic E-state index is -0.162. The Balaban J connectivity index is 1.23. The smallest absolute Gasteiger partial charge is 0.225 e. The summed E-state index contributed by atoms with van der Waals surface area (Å²) in [5.41, 5.74) is 13.8. The van der Waals surface area contributed by atoms with Crippen LogP contribution in [0.3, 0.4) is 0 Å². The Bertz CT molecular complexity index is 3510. The molecule has 0 atom stereocenters. The summed E-state index contributed by atoms with van der Waals surface area (Å²) in [6.07, 6.45) is 8.82. The zero-order chi connectivity index (χ0) is 53.0. The van der Waals surface area contributed by atoms with Gasteiger partial charge < -0.3 is 46.8 Å². The number of amides is 4. The topological polar surface area (TPSA) is 204 Å². The molecular formula is C62H60N12O4. The Morgan fingerprint density at radius 3 is 0.949 bits per heavy atom. The second-order valence-corrected chi connectivity index (χ2v) is 20.1. The molecule has 6 aliphatic heterocycles. The van der Waals surface area contributed by atoms with Crippen LogP contribution in [0.4, 0.5) is 22.7 Å². The van der Waals surface area contributed by atoms with Crippen molar-refractivity contribution in [1.29, 1.82) is 0 Å². The fourth-order valence-corrected chi connectivity index (χ4v) is 11.0. The predicted octanol–water partition coefficient (Wildman–Crippen LogP) is 9.46. The number of fused-ring (bicyclic) bond motifs is 19. The molecule has 0 saturated heterocycles. The summed E-state index contributed by atoms with van der Waals surface area (Å²) in [4.78, 5) is 80.0. The Morgan fingerprint density at radius 2 is 0.615 bits per heavy atom. The van der Waals surface area contributed by atoms with Crippen molar-refractivity contribution in [1.82, 2.24) is 40.4 Å². The Labute approximate surface area is 451 Å². The first-order valence-corrected chi connectivity index (χ1v) is 26.9. The number of carbonyl (C=O) groups excluding carboxylic acids is 4. The summed E-state index contributed by atoms with van der Waals surface area (Å²) in [5, 5.41) is 20.1. The molecule has 13 rings (SSSR count). The first-order valence-electron chi connectivity index (χ1n) is 26.9. The summed E-state index contributed by atoms with van der Waals surface area (Å²) in [5.74, 6) is -0.587. The summed E-state index contributed by atoms with van der Waals surface area (Å²) >= 11 is 0. The molecule has 16 nitrogen and oxygen atoms in total. The summed E-state index contributed by atoms with van der Waals surface area (Å²) in [6, 6.07) is 39.3. The number of nitrogens with one attached hydrogen (secondary N) is 8. The average molecular weight is 1040 g/mol. The number of para-hydroxylation sites is 4. The SMILES string of the molecule is O=C1CCNCCN2CCNCCC(=O)Nc3ccccc3-c3c4nc(c5c6ccc([nH]6)c(c6nc(c(c7ccc3[nH]7)-c3ccccc3N1)C=C6)-c1ccccc1NC(=O)CCN(CCC(=O)Nc1ccccc1-5)CC2)C=C4. The molecule has 0 radical (unpaired) electrons. The van der Waals surface area contributed by atoms with E-state index in [4.69, 9.17) is 9.97 Å². The van der Waals surface area contributed by atoms with Gasteiger partial charge in [0.25, 0.3) is 0 Å². The van der Waals surface area contributed by atoms with Gasteiger partial charge >= 0.3 is 0 Å². The summed E-state index contributed by atoms with van der Waals surface area (Å²) in [7, 11) is 0. The van der Waals surface area contributed by atoms with Gasteiger partial charge in [0.15, 0.2) is 0 Å². The van der Waals surface area contributed by atoms with Crippen LogP contribution >= 0.6 is 0 Å². The maximum atomic E-state index is 14.4. The van der Waals surface area contributed by atoms with Gasteiger partial charge in [0, 0.05) is 180 Å². The minimum Gasteiger partial charge on any atom is -0.354 e. The van der Waals surface area contributed by atoms with Crippen LogP contribution < -0.4 is 31.9 Å². The normalized spacial score (nSPS) is 18.4. The number of H-pyrrole nitrogens is 2. The molecule has 0 aliphatic carbocycles. The largest absolute Gasteiger partial charge is 0.354 e. The molecule has 9 heterocycles. The second-order valence-electron chi connectivity index (χ2n) is 20.1. The highest BCUT2D eigenvalue weighted by molar-refractivity contribution is 6.07. The van der Waals surface area contributed by atoms with Crippen molar-refractivity contribution < 1.29 is 19.2 Å². The molecule has 8 N–H and O–H groups in total. The van der Waals surface area contributed by atoms with E-state index in [2.05, 4.69) is 51.7 Å². The van der Waals surface area contributed by atoms with E-state index in [1.807, 2.05) is 146 Å². The van der Waals surface area contributed by atoms with Crippen LogP contribution in [-0.2, 0) is 19.2 Å². The molecule has 0 fully saturated rings. The van der Waals surface area contributed by atoms with Gasteiger partial charge in [-0.2, -0.15) is 0 Å². The molecule has 7 aromatic rings. The number of hydrogen-bond acceptors (Lipinski definition) is 10. The van der Waals surface area contributed by atoms with E-state index < -0.39 is 0 Å². The Morgan fingerprint density at radius 1 is 0.321 bits per heavy atom. The highest BCUT2D eigenvalue weighted by Gasteiger charge is 2.25. The summed E-state index contributed by atoms with van der Waals surface area (Å²) < 4.78 is 0. The number of anilines is 4. The predicted molar refractivity (Wildman–Crippen MR) is 312 cm³/mol. The van der Waals surface area contributed by atoms with E-state index in [0.717, 1.165) is 55.5 Å². The maximum Gasteiger partial charge on any atom is 0.225 e. The summed E-state index contributed by atoms with van der Waals surface area (Å²) in [6.45, 7) is 5.53. The molecule has 0 saturated carbocycles. The molecule has 6 aliphatic rings. The second kappa shape index (κ2) is 22.4. The lowest BCUT2D eigenvalue weighted by molar-refractivity contribution is -0.117. The van der Waals surface area contributed by atoms with Crippen LogP contribution in [0.25, 0.3) is 90.9 Å². The molecule has 392 valence electrons. The minimum absolute atomic E-state index is 0.132. The first-order chi connectivity index (χ1) is 38.3. The molecule has 0 spiro atoms. The van der Waals surface area contributed by atoms with E-state index in [-0.39, 0.29) is 49.3 Å². The Kier molecular flexibility index (Phi) is 14.4. The third-order valence-electron chi connectivity index (χ3n) is 14.9. The molecule has 14 bridgehead atoms. The van der Waals surface area contributed by atoms with Crippen molar-refractivity contribution in [2.45, 2.75) is 25.7 Å². The van der Waals surface area contributed by atoms with E-state index in [1.54, 1.807) is 0 Å². The lowest BCUT2D eigenvalue weighted by Gasteiger charge is -2.28. The molecular weight excluding hydrogens is 977 g/mol. The average Bonchev–Trinajstić information content (AvgIpc) is 4.40. The Hall–Kier alpha value is -8.80. The van der Waals surface area contributed by atoms with Gasteiger partial charge in [0.2, 0.25) is 23.6 Å². The van der Waals surface area contributed by atoms with Crippen molar-refractivity contribution in [3.8, 4) is 44.5 Å². The number of aromatic amines is 2. The van der Waals surface area contributed by atoms with Gasteiger partial charge in [-0.1, -0.05) is 72.8 Å². The third-order valence-corrected chi connectivity index (χ3v) is 14.9. The van der Waals surface area contributed by atoms with Crippen LogP contribution in [-0.4, -0.2) is 119 Å². The van der Waals surface area contributed by atoms with Crippen molar-refractivity contribution in [2.75, 3.05) is 86.7 Å². The lowest BCUT2D eigenvalue weighted by atomic mass is 10.0. The van der Waals surface area contributed by atoms with Crippen LogP contribution in [0, 0.1) is 0 Å². The van der Waals surface area contributed by atoms with E-state index in [0.29, 0.717) is 122 Å². The van der Waals surface area contributed by atoms with Crippen molar-refractivity contribution >= 4 is 92.7 Å². The van der Waals surface area contributed by atoms with Gasteiger partial charge in [-0.15, -0.1) is 0 Å². The lowest BCUT2D eigenvalue weighted by Crippen LogP contribution is -2.43. The molecule has 4 amide bonds. The van der Waals surface area contributed by atoms with E-state index >= 15 is 0 Å². The van der Waals surface area contributed by atoms with Crippen LogP contribution in [0.2, 0.25) is 0 Å².